The number of nitrogen functional groups attached to an aromatic ring is 1. The summed E-state index contributed by atoms with van der Waals surface area (Å²) in [5.74, 6) is -0.00365. The van der Waals surface area contributed by atoms with Crippen molar-refractivity contribution in [2.45, 2.75) is 39.7 Å². The van der Waals surface area contributed by atoms with Crippen LogP contribution in [0.4, 0.5) is 11.4 Å². The highest BCUT2D eigenvalue weighted by Gasteiger charge is 2.06. The van der Waals surface area contributed by atoms with Crippen molar-refractivity contribution in [2.75, 3.05) is 17.7 Å². The summed E-state index contributed by atoms with van der Waals surface area (Å²) in [7, 11) is 0. The van der Waals surface area contributed by atoms with E-state index in [1.807, 2.05) is 39.0 Å². The van der Waals surface area contributed by atoms with Gasteiger partial charge in [0.1, 0.15) is 0 Å². The maximum absolute atomic E-state index is 11.7. The predicted molar refractivity (Wildman–Crippen MR) is 74.5 cm³/mol. The third-order valence-electron chi connectivity index (χ3n) is 2.65. The number of hydrogen-bond acceptors (Lipinski definition) is 3. The largest absolute Gasteiger partial charge is 0.398 e. The molecule has 0 atom stereocenters. The second-order valence-electron chi connectivity index (χ2n) is 4.59. The van der Waals surface area contributed by atoms with E-state index < -0.39 is 0 Å². The molecule has 0 radical (unpaired) electrons. The second-order valence-corrected chi connectivity index (χ2v) is 4.59. The number of rotatable bonds is 6. The third-order valence-corrected chi connectivity index (χ3v) is 2.65. The first kappa shape index (κ1) is 14.5. The number of nitrogens with two attached hydrogens (primary N) is 1. The molecular weight excluding hydrogens is 228 g/mol. The summed E-state index contributed by atoms with van der Waals surface area (Å²) in [6.45, 7) is 6.47. The van der Waals surface area contributed by atoms with Gasteiger partial charge >= 0.3 is 0 Å². The molecule has 1 aromatic carbocycles. The average Bonchev–Trinajstić information content (AvgIpc) is 2.30. The molecule has 4 nitrogen and oxygen atoms in total. The van der Waals surface area contributed by atoms with E-state index in [2.05, 4.69) is 5.32 Å². The molecule has 18 heavy (non-hydrogen) atoms. The van der Waals surface area contributed by atoms with Crippen LogP contribution < -0.4 is 11.1 Å². The maximum atomic E-state index is 11.7. The fraction of sp³-hybridized carbons (Fsp3) is 0.500. The van der Waals surface area contributed by atoms with Gasteiger partial charge in [-0.1, -0.05) is 6.07 Å². The molecule has 0 aliphatic rings. The summed E-state index contributed by atoms with van der Waals surface area (Å²) in [5, 5.41) is 2.86. The Morgan fingerprint density at radius 3 is 2.83 bits per heavy atom. The minimum absolute atomic E-state index is 0.00365. The molecule has 0 saturated heterocycles. The van der Waals surface area contributed by atoms with E-state index in [1.165, 1.54) is 0 Å². The summed E-state index contributed by atoms with van der Waals surface area (Å²) in [4.78, 5) is 11.7. The number of benzene rings is 1. The first-order valence-electron chi connectivity index (χ1n) is 6.27. The van der Waals surface area contributed by atoms with Crippen molar-refractivity contribution >= 4 is 17.3 Å². The lowest BCUT2D eigenvalue weighted by Gasteiger charge is -2.10. The highest BCUT2D eigenvalue weighted by molar-refractivity contribution is 5.92. The molecule has 4 heteroatoms. The smallest absolute Gasteiger partial charge is 0.224 e. The highest BCUT2D eigenvalue weighted by atomic mass is 16.5. The SMILES string of the molecule is Cc1c(N)cccc1NC(=O)CCCOC(C)C. The van der Waals surface area contributed by atoms with E-state index in [9.17, 15) is 4.79 Å². The molecule has 0 unspecified atom stereocenters. The number of carbonyl (C=O) groups is 1. The Hall–Kier alpha value is -1.55. The van der Waals surface area contributed by atoms with Gasteiger partial charge in [0, 0.05) is 24.4 Å². The summed E-state index contributed by atoms with van der Waals surface area (Å²) in [6.07, 6.45) is 1.40. The van der Waals surface area contributed by atoms with Gasteiger partial charge in [0.15, 0.2) is 0 Å². The Morgan fingerprint density at radius 2 is 2.17 bits per heavy atom. The lowest BCUT2D eigenvalue weighted by molar-refractivity contribution is -0.116. The van der Waals surface area contributed by atoms with Gasteiger partial charge in [0.2, 0.25) is 5.91 Å². The monoisotopic (exact) mass is 250 g/mol. The van der Waals surface area contributed by atoms with Gasteiger partial charge in [-0.2, -0.15) is 0 Å². The molecule has 0 aromatic heterocycles. The zero-order valence-electron chi connectivity index (χ0n) is 11.3. The molecular formula is C14H22N2O2. The molecule has 0 bridgehead atoms. The predicted octanol–water partition coefficient (Wildman–Crippen LogP) is 2.72. The molecule has 0 spiro atoms. The van der Waals surface area contributed by atoms with E-state index >= 15 is 0 Å². The molecule has 1 rings (SSSR count). The Kier molecular flexibility index (Phi) is 5.65. The first-order valence-corrected chi connectivity index (χ1v) is 6.27. The molecule has 0 aliphatic carbocycles. The summed E-state index contributed by atoms with van der Waals surface area (Å²) >= 11 is 0. The van der Waals surface area contributed by atoms with Crippen LogP contribution in [0, 0.1) is 6.92 Å². The Bertz CT molecular complexity index is 403. The van der Waals surface area contributed by atoms with Crippen LogP contribution in [0.25, 0.3) is 0 Å². The minimum atomic E-state index is -0.00365. The van der Waals surface area contributed by atoms with Gasteiger partial charge in [0.25, 0.3) is 0 Å². The van der Waals surface area contributed by atoms with Crippen LogP contribution in [0.1, 0.15) is 32.3 Å². The summed E-state index contributed by atoms with van der Waals surface area (Å²) in [5.41, 5.74) is 8.16. The van der Waals surface area contributed by atoms with Gasteiger partial charge in [-0.05, 0) is 44.9 Å². The topological polar surface area (TPSA) is 64.3 Å². The van der Waals surface area contributed by atoms with E-state index in [-0.39, 0.29) is 12.0 Å². The Labute approximate surface area is 109 Å². The maximum Gasteiger partial charge on any atom is 0.224 e. The van der Waals surface area contributed by atoms with Crippen LogP contribution in [-0.4, -0.2) is 18.6 Å². The number of amides is 1. The standard InChI is InChI=1S/C14H22N2O2/c1-10(2)18-9-5-8-14(17)16-13-7-4-6-12(15)11(13)3/h4,6-7,10H,5,8-9,15H2,1-3H3,(H,16,17). The van der Waals surface area contributed by atoms with Gasteiger partial charge in [-0.15, -0.1) is 0 Å². The Morgan fingerprint density at radius 1 is 1.44 bits per heavy atom. The Balaban J connectivity index is 2.38. The lowest BCUT2D eigenvalue weighted by atomic mass is 10.1. The van der Waals surface area contributed by atoms with Crippen LogP contribution >= 0.6 is 0 Å². The molecule has 3 N–H and O–H groups in total. The number of anilines is 2. The fourth-order valence-corrected chi connectivity index (χ4v) is 1.55. The van der Waals surface area contributed by atoms with Crippen molar-refractivity contribution in [1.82, 2.24) is 0 Å². The van der Waals surface area contributed by atoms with Crippen LogP contribution in [-0.2, 0) is 9.53 Å². The van der Waals surface area contributed by atoms with Crippen molar-refractivity contribution in [3.63, 3.8) is 0 Å². The van der Waals surface area contributed by atoms with Gasteiger partial charge in [-0.25, -0.2) is 0 Å². The molecule has 1 aromatic rings. The second kappa shape index (κ2) is 7.01. The highest BCUT2D eigenvalue weighted by Crippen LogP contribution is 2.20. The van der Waals surface area contributed by atoms with Crippen molar-refractivity contribution in [3.05, 3.63) is 23.8 Å². The number of ether oxygens (including phenoxy) is 1. The first-order chi connectivity index (χ1) is 8.50. The minimum Gasteiger partial charge on any atom is -0.398 e. The fourth-order valence-electron chi connectivity index (χ4n) is 1.55. The molecule has 1 amide bonds. The zero-order chi connectivity index (χ0) is 13.5. The van der Waals surface area contributed by atoms with Crippen molar-refractivity contribution < 1.29 is 9.53 Å². The molecule has 0 heterocycles. The van der Waals surface area contributed by atoms with E-state index in [0.29, 0.717) is 18.7 Å². The van der Waals surface area contributed by atoms with E-state index in [4.69, 9.17) is 10.5 Å². The summed E-state index contributed by atoms with van der Waals surface area (Å²) in [6, 6.07) is 5.51. The average molecular weight is 250 g/mol. The van der Waals surface area contributed by atoms with Crippen LogP contribution in [0.3, 0.4) is 0 Å². The van der Waals surface area contributed by atoms with Crippen molar-refractivity contribution in [2.24, 2.45) is 0 Å². The molecule has 0 aliphatic heterocycles. The normalized spacial score (nSPS) is 10.7. The van der Waals surface area contributed by atoms with Crippen LogP contribution in [0.15, 0.2) is 18.2 Å². The van der Waals surface area contributed by atoms with E-state index in [0.717, 1.165) is 17.7 Å². The zero-order valence-corrected chi connectivity index (χ0v) is 11.3. The molecule has 100 valence electrons. The van der Waals surface area contributed by atoms with Gasteiger partial charge in [-0.3, -0.25) is 4.79 Å². The van der Waals surface area contributed by atoms with Crippen LogP contribution in [0.2, 0.25) is 0 Å². The van der Waals surface area contributed by atoms with Crippen molar-refractivity contribution in [1.29, 1.82) is 0 Å². The third kappa shape index (κ3) is 4.75. The molecule has 0 saturated carbocycles. The lowest BCUT2D eigenvalue weighted by Crippen LogP contribution is -2.14. The van der Waals surface area contributed by atoms with E-state index in [1.54, 1.807) is 0 Å². The number of carbonyl (C=O) groups excluding carboxylic acids is 1. The molecule has 0 fully saturated rings. The quantitative estimate of drug-likeness (QED) is 0.602. The van der Waals surface area contributed by atoms with Crippen LogP contribution in [0.5, 0.6) is 0 Å². The number of nitrogens with one attached hydrogen (secondary N) is 1. The number of hydrogen-bond donors (Lipinski definition) is 2. The van der Waals surface area contributed by atoms with Crippen molar-refractivity contribution in [3.8, 4) is 0 Å². The van der Waals surface area contributed by atoms with Gasteiger partial charge < -0.3 is 15.8 Å². The van der Waals surface area contributed by atoms with Gasteiger partial charge in [0.05, 0.1) is 6.10 Å². The summed E-state index contributed by atoms with van der Waals surface area (Å²) < 4.78 is 5.39.